The van der Waals surface area contributed by atoms with Crippen LogP contribution in [0.15, 0.2) is 0 Å². The molecule has 1 atom stereocenters. The van der Waals surface area contributed by atoms with Crippen LogP contribution in [0, 0.1) is 0 Å². The Bertz CT molecular complexity index is 211. The number of ether oxygens (including phenoxy) is 1. The second-order valence-corrected chi connectivity index (χ2v) is 5.49. The topological polar surface area (TPSA) is 41.7 Å². The van der Waals surface area contributed by atoms with Gasteiger partial charge in [-0.1, -0.05) is 12.8 Å². The fourth-order valence-electron chi connectivity index (χ4n) is 3.18. The summed E-state index contributed by atoms with van der Waals surface area (Å²) in [5, 5.41) is 0. The van der Waals surface area contributed by atoms with Crippen molar-refractivity contribution in [3.8, 4) is 0 Å². The van der Waals surface area contributed by atoms with Gasteiger partial charge in [0.1, 0.15) is 0 Å². The first-order valence-corrected chi connectivity index (χ1v) is 7.00. The zero-order chi connectivity index (χ0) is 12.1. The van der Waals surface area contributed by atoms with Crippen molar-refractivity contribution in [2.45, 2.75) is 37.8 Å². The van der Waals surface area contributed by atoms with Crippen molar-refractivity contribution < 1.29 is 4.74 Å². The van der Waals surface area contributed by atoms with Gasteiger partial charge in [0.15, 0.2) is 0 Å². The minimum absolute atomic E-state index is 0.165. The zero-order valence-electron chi connectivity index (χ0n) is 11.1. The molecule has 0 aromatic heterocycles. The summed E-state index contributed by atoms with van der Waals surface area (Å²) in [6.07, 6.45) is 5.71. The van der Waals surface area contributed by atoms with E-state index in [0.29, 0.717) is 6.61 Å². The van der Waals surface area contributed by atoms with Crippen LogP contribution in [0.3, 0.4) is 0 Å². The van der Waals surface area contributed by atoms with Crippen LogP contribution in [0.1, 0.15) is 25.7 Å². The Balaban J connectivity index is 1.66. The third-order valence-electron chi connectivity index (χ3n) is 4.12. The Morgan fingerprint density at radius 2 is 1.82 bits per heavy atom. The highest BCUT2D eigenvalue weighted by Crippen LogP contribution is 2.24. The Morgan fingerprint density at radius 3 is 2.41 bits per heavy atom. The molecule has 2 fully saturated rings. The summed E-state index contributed by atoms with van der Waals surface area (Å²) >= 11 is 0. The summed E-state index contributed by atoms with van der Waals surface area (Å²) in [5.41, 5.74) is 5.99. The molecule has 1 unspecified atom stereocenters. The standard InChI is InChI=1S/C13H27N3O/c1-17-11-12(14)10-15-6-8-16(9-7-15)13-4-2-3-5-13/h12-13H,2-11,14H2,1H3. The van der Waals surface area contributed by atoms with Crippen molar-refractivity contribution in [2.24, 2.45) is 5.73 Å². The van der Waals surface area contributed by atoms with E-state index in [1.165, 1.54) is 51.9 Å². The van der Waals surface area contributed by atoms with Crippen molar-refractivity contribution in [2.75, 3.05) is 46.4 Å². The molecular weight excluding hydrogens is 214 g/mol. The van der Waals surface area contributed by atoms with E-state index in [2.05, 4.69) is 9.80 Å². The lowest BCUT2D eigenvalue weighted by atomic mass is 10.1. The fourth-order valence-corrected chi connectivity index (χ4v) is 3.18. The molecule has 0 radical (unpaired) electrons. The minimum atomic E-state index is 0.165. The molecule has 1 saturated heterocycles. The number of rotatable bonds is 5. The molecule has 1 aliphatic heterocycles. The van der Waals surface area contributed by atoms with Crippen LogP contribution in [-0.4, -0.2) is 68.3 Å². The van der Waals surface area contributed by atoms with Crippen molar-refractivity contribution in [3.63, 3.8) is 0 Å². The largest absolute Gasteiger partial charge is 0.383 e. The van der Waals surface area contributed by atoms with Crippen molar-refractivity contribution in [1.82, 2.24) is 9.80 Å². The molecule has 100 valence electrons. The van der Waals surface area contributed by atoms with Crippen molar-refractivity contribution >= 4 is 0 Å². The smallest absolute Gasteiger partial charge is 0.0626 e. The number of piperazine rings is 1. The summed E-state index contributed by atoms with van der Waals surface area (Å²) in [7, 11) is 1.72. The molecule has 1 aliphatic carbocycles. The Hall–Kier alpha value is -0.160. The van der Waals surface area contributed by atoms with Gasteiger partial charge in [-0.3, -0.25) is 9.80 Å². The third kappa shape index (κ3) is 3.91. The lowest BCUT2D eigenvalue weighted by molar-refractivity contribution is 0.0834. The van der Waals surface area contributed by atoms with E-state index >= 15 is 0 Å². The van der Waals surface area contributed by atoms with Gasteiger partial charge in [-0.15, -0.1) is 0 Å². The Labute approximate surface area is 105 Å². The first-order chi connectivity index (χ1) is 8.29. The Kier molecular flexibility index (Phi) is 5.22. The molecule has 0 bridgehead atoms. The van der Waals surface area contributed by atoms with Gasteiger partial charge in [0, 0.05) is 51.9 Å². The summed E-state index contributed by atoms with van der Waals surface area (Å²) < 4.78 is 5.09. The van der Waals surface area contributed by atoms with Gasteiger partial charge in [0.25, 0.3) is 0 Å². The normalized spacial score (nSPS) is 26.5. The highest BCUT2D eigenvalue weighted by molar-refractivity contribution is 4.83. The van der Waals surface area contributed by atoms with Crippen molar-refractivity contribution in [1.29, 1.82) is 0 Å². The Morgan fingerprint density at radius 1 is 1.18 bits per heavy atom. The van der Waals surface area contributed by atoms with Crippen LogP contribution in [0.25, 0.3) is 0 Å². The first kappa shape index (κ1) is 13.3. The van der Waals surface area contributed by atoms with Gasteiger partial charge >= 0.3 is 0 Å². The van der Waals surface area contributed by atoms with Crippen LogP contribution in [-0.2, 0) is 4.74 Å². The van der Waals surface area contributed by atoms with Gasteiger partial charge in [0.2, 0.25) is 0 Å². The van der Waals surface area contributed by atoms with Crippen LogP contribution in [0.5, 0.6) is 0 Å². The zero-order valence-corrected chi connectivity index (χ0v) is 11.1. The van der Waals surface area contributed by atoms with Gasteiger partial charge in [-0.05, 0) is 12.8 Å². The molecular formula is C13H27N3O. The van der Waals surface area contributed by atoms with E-state index < -0.39 is 0 Å². The average molecular weight is 241 g/mol. The highest BCUT2D eigenvalue weighted by Gasteiger charge is 2.26. The van der Waals surface area contributed by atoms with E-state index in [-0.39, 0.29) is 6.04 Å². The van der Waals surface area contributed by atoms with E-state index in [9.17, 15) is 0 Å². The van der Waals surface area contributed by atoms with E-state index in [1.54, 1.807) is 7.11 Å². The van der Waals surface area contributed by atoms with Gasteiger partial charge in [0.05, 0.1) is 6.61 Å². The maximum Gasteiger partial charge on any atom is 0.0626 e. The third-order valence-corrected chi connectivity index (χ3v) is 4.12. The average Bonchev–Trinajstić information content (AvgIpc) is 2.84. The molecule has 0 amide bonds. The molecule has 17 heavy (non-hydrogen) atoms. The molecule has 2 rings (SSSR count). The highest BCUT2D eigenvalue weighted by atomic mass is 16.5. The molecule has 0 aromatic rings. The van der Waals surface area contributed by atoms with Crippen LogP contribution in [0.4, 0.5) is 0 Å². The SMILES string of the molecule is COCC(N)CN1CCN(C2CCCC2)CC1. The van der Waals surface area contributed by atoms with E-state index in [0.717, 1.165) is 12.6 Å². The van der Waals surface area contributed by atoms with Crippen molar-refractivity contribution in [3.05, 3.63) is 0 Å². The maximum atomic E-state index is 5.99. The van der Waals surface area contributed by atoms with Gasteiger partial charge in [-0.2, -0.15) is 0 Å². The first-order valence-electron chi connectivity index (χ1n) is 7.00. The van der Waals surface area contributed by atoms with E-state index in [1.807, 2.05) is 0 Å². The summed E-state index contributed by atoms with van der Waals surface area (Å²) in [5.74, 6) is 0. The lowest BCUT2D eigenvalue weighted by Gasteiger charge is -2.38. The minimum Gasteiger partial charge on any atom is -0.383 e. The van der Waals surface area contributed by atoms with Crippen LogP contribution < -0.4 is 5.73 Å². The van der Waals surface area contributed by atoms with Gasteiger partial charge in [-0.25, -0.2) is 0 Å². The predicted octanol–water partition coefficient (Wildman–Crippen LogP) is 0.520. The number of nitrogens with zero attached hydrogens (tertiary/aromatic N) is 2. The fraction of sp³-hybridized carbons (Fsp3) is 1.00. The predicted molar refractivity (Wildman–Crippen MR) is 70.1 cm³/mol. The molecule has 2 aliphatic rings. The summed E-state index contributed by atoms with van der Waals surface area (Å²) in [6.45, 7) is 6.45. The number of hydrogen-bond donors (Lipinski definition) is 1. The van der Waals surface area contributed by atoms with Gasteiger partial charge < -0.3 is 10.5 Å². The second kappa shape index (κ2) is 6.69. The molecule has 0 aromatic carbocycles. The maximum absolute atomic E-state index is 5.99. The molecule has 1 saturated carbocycles. The number of nitrogens with two attached hydrogens (primary N) is 1. The van der Waals surface area contributed by atoms with Crippen LogP contribution in [0.2, 0.25) is 0 Å². The van der Waals surface area contributed by atoms with E-state index in [4.69, 9.17) is 10.5 Å². The molecule has 4 nitrogen and oxygen atoms in total. The van der Waals surface area contributed by atoms with Crippen LogP contribution >= 0.6 is 0 Å². The summed E-state index contributed by atoms with van der Waals surface area (Å²) in [4.78, 5) is 5.17. The monoisotopic (exact) mass is 241 g/mol. The quantitative estimate of drug-likeness (QED) is 0.762. The number of hydrogen-bond acceptors (Lipinski definition) is 4. The molecule has 4 heteroatoms. The summed E-state index contributed by atoms with van der Waals surface area (Å²) in [6, 6.07) is 1.04. The molecule has 0 spiro atoms. The lowest BCUT2D eigenvalue weighted by Crippen LogP contribution is -2.52. The second-order valence-electron chi connectivity index (χ2n) is 5.49. The number of methoxy groups -OCH3 is 1. The molecule has 2 N–H and O–H groups in total. The molecule has 1 heterocycles.